The molecule has 2 aromatic carbocycles. The van der Waals surface area contributed by atoms with Crippen LogP contribution in [-0.4, -0.2) is 64.0 Å². The third-order valence-electron chi connectivity index (χ3n) is 6.47. The lowest BCUT2D eigenvalue weighted by molar-refractivity contribution is 0.0906. The van der Waals surface area contributed by atoms with Crippen molar-refractivity contribution in [2.45, 2.75) is 38.5 Å². The van der Waals surface area contributed by atoms with E-state index >= 15 is 0 Å². The smallest absolute Gasteiger partial charge is 0.173 e. The van der Waals surface area contributed by atoms with Gasteiger partial charge in [0.2, 0.25) is 0 Å². The summed E-state index contributed by atoms with van der Waals surface area (Å²) in [5.74, 6) is 0.667. The summed E-state index contributed by atoms with van der Waals surface area (Å²) in [4.78, 5) is 4.52. The highest BCUT2D eigenvalue weighted by Crippen LogP contribution is 2.30. The molecule has 1 aromatic heterocycles. The van der Waals surface area contributed by atoms with Crippen molar-refractivity contribution < 1.29 is 9.13 Å². The Balaban J connectivity index is 1.40. The average molecular weight is 437 g/mol. The molecule has 2 atom stereocenters. The van der Waals surface area contributed by atoms with E-state index in [-0.39, 0.29) is 18.0 Å². The third kappa shape index (κ3) is 4.38. The molecule has 3 aromatic rings. The van der Waals surface area contributed by atoms with Gasteiger partial charge in [-0.15, -0.1) is 5.10 Å². The van der Waals surface area contributed by atoms with Gasteiger partial charge in [-0.25, -0.2) is 9.07 Å². The van der Waals surface area contributed by atoms with Crippen LogP contribution in [0.15, 0.2) is 48.5 Å². The Kier molecular flexibility index (Phi) is 6.14. The molecule has 0 bridgehead atoms. The van der Waals surface area contributed by atoms with Crippen molar-refractivity contribution in [3.63, 3.8) is 0 Å². The number of nitrogens with zero attached hydrogens (tertiary/aromatic N) is 6. The zero-order valence-electron chi connectivity index (χ0n) is 18.4. The van der Waals surface area contributed by atoms with Crippen molar-refractivity contribution >= 4 is 5.69 Å². The number of tetrazole rings is 1. The molecule has 2 aliphatic rings. The fourth-order valence-corrected chi connectivity index (χ4v) is 4.72. The van der Waals surface area contributed by atoms with Crippen molar-refractivity contribution in [1.29, 1.82) is 0 Å². The molecule has 2 fully saturated rings. The maximum atomic E-state index is 14.3. The van der Waals surface area contributed by atoms with Gasteiger partial charge in [0.05, 0.1) is 24.4 Å². The molecule has 5 rings (SSSR count). The topological polar surface area (TPSA) is 59.3 Å². The van der Waals surface area contributed by atoms with Crippen LogP contribution in [0.5, 0.6) is 0 Å². The van der Waals surface area contributed by atoms with Gasteiger partial charge >= 0.3 is 0 Å². The van der Waals surface area contributed by atoms with Crippen LogP contribution in [0.25, 0.3) is 0 Å². The van der Waals surface area contributed by atoms with Crippen LogP contribution in [0.1, 0.15) is 35.8 Å². The molecule has 0 amide bonds. The number of para-hydroxylation sites is 1. The fraction of sp³-hybridized carbons (Fsp3) is 0.458. The second-order valence-corrected chi connectivity index (χ2v) is 8.64. The average Bonchev–Trinajstić information content (AvgIpc) is 3.49. The maximum absolute atomic E-state index is 14.3. The molecule has 0 aliphatic carbocycles. The van der Waals surface area contributed by atoms with Crippen LogP contribution in [0.3, 0.4) is 0 Å². The first-order chi connectivity index (χ1) is 15.7. The van der Waals surface area contributed by atoms with E-state index in [1.165, 1.54) is 17.2 Å². The summed E-state index contributed by atoms with van der Waals surface area (Å²) in [6, 6.07) is 15.5. The quantitative estimate of drug-likeness (QED) is 0.592. The minimum absolute atomic E-state index is 0.0604. The van der Waals surface area contributed by atoms with E-state index in [0.29, 0.717) is 12.2 Å². The molecule has 2 aliphatic heterocycles. The van der Waals surface area contributed by atoms with Crippen LogP contribution < -0.4 is 4.90 Å². The molecule has 0 radical (unpaired) electrons. The first-order valence-corrected chi connectivity index (χ1v) is 11.4. The van der Waals surface area contributed by atoms with Gasteiger partial charge in [0, 0.05) is 32.8 Å². The normalized spacial score (nSPS) is 20.6. The van der Waals surface area contributed by atoms with Gasteiger partial charge in [0.1, 0.15) is 5.82 Å². The number of aromatic nitrogens is 4. The van der Waals surface area contributed by atoms with Crippen LogP contribution in [-0.2, 0) is 11.3 Å². The van der Waals surface area contributed by atoms with E-state index in [1.54, 1.807) is 6.07 Å². The second-order valence-electron chi connectivity index (χ2n) is 8.64. The van der Waals surface area contributed by atoms with Crippen LogP contribution in [0.2, 0.25) is 0 Å². The summed E-state index contributed by atoms with van der Waals surface area (Å²) in [5.41, 5.74) is 3.05. The van der Waals surface area contributed by atoms with Crippen molar-refractivity contribution in [2.24, 2.45) is 0 Å². The van der Waals surface area contributed by atoms with Gasteiger partial charge in [-0.2, -0.15) is 0 Å². The summed E-state index contributed by atoms with van der Waals surface area (Å²) in [5, 5.41) is 12.8. The van der Waals surface area contributed by atoms with E-state index in [4.69, 9.17) is 4.74 Å². The van der Waals surface area contributed by atoms with E-state index < -0.39 is 0 Å². The standard InChI is InChI=1S/C24H29FN6O/c1-18-8-10-19(11-9-18)23(24-26-27-28-31(24)17-20-5-4-16-32-20)30-14-12-29(13-15-30)22-7-3-2-6-21(22)25/h2-3,6-11,20,23H,4-5,12-17H2,1H3. The van der Waals surface area contributed by atoms with E-state index in [2.05, 4.69) is 56.5 Å². The molecule has 2 unspecified atom stereocenters. The molecule has 7 nitrogen and oxygen atoms in total. The van der Waals surface area contributed by atoms with Crippen LogP contribution in [0.4, 0.5) is 10.1 Å². The number of hydrogen-bond donors (Lipinski definition) is 0. The van der Waals surface area contributed by atoms with Gasteiger partial charge in [-0.1, -0.05) is 42.0 Å². The number of benzene rings is 2. The molecule has 0 N–H and O–H groups in total. The Hall–Kier alpha value is -2.84. The predicted octanol–water partition coefficient (Wildman–Crippen LogP) is 3.21. The zero-order chi connectivity index (χ0) is 21.9. The van der Waals surface area contributed by atoms with Crippen LogP contribution >= 0.6 is 0 Å². The minimum Gasteiger partial charge on any atom is -0.376 e. The highest BCUT2D eigenvalue weighted by Gasteiger charge is 2.32. The van der Waals surface area contributed by atoms with E-state index in [0.717, 1.165) is 51.5 Å². The summed E-state index contributed by atoms with van der Waals surface area (Å²) in [6.07, 6.45) is 2.28. The molecule has 168 valence electrons. The van der Waals surface area contributed by atoms with Gasteiger partial charge in [0.15, 0.2) is 5.82 Å². The number of ether oxygens (including phenoxy) is 1. The molecule has 32 heavy (non-hydrogen) atoms. The predicted molar refractivity (Wildman–Crippen MR) is 120 cm³/mol. The zero-order valence-corrected chi connectivity index (χ0v) is 18.4. The largest absolute Gasteiger partial charge is 0.376 e. The number of hydrogen-bond acceptors (Lipinski definition) is 6. The molecule has 8 heteroatoms. The number of anilines is 1. The second kappa shape index (κ2) is 9.34. The maximum Gasteiger partial charge on any atom is 0.173 e. The van der Waals surface area contributed by atoms with Crippen molar-refractivity contribution in [3.8, 4) is 0 Å². The monoisotopic (exact) mass is 436 g/mol. The lowest BCUT2D eigenvalue weighted by Gasteiger charge is -2.40. The Morgan fingerprint density at radius 2 is 1.84 bits per heavy atom. The lowest BCUT2D eigenvalue weighted by atomic mass is 10.0. The van der Waals surface area contributed by atoms with Crippen molar-refractivity contribution in [1.82, 2.24) is 25.1 Å². The number of halogens is 1. The lowest BCUT2D eigenvalue weighted by Crippen LogP contribution is -2.48. The molecule has 3 heterocycles. The molecule has 0 saturated carbocycles. The number of rotatable bonds is 6. The molecular weight excluding hydrogens is 407 g/mol. The Morgan fingerprint density at radius 3 is 2.56 bits per heavy atom. The Labute approximate surface area is 187 Å². The van der Waals surface area contributed by atoms with E-state index in [9.17, 15) is 4.39 Å². The van der Waals surface area contributed by atoms with Crippen LogP contribution in [0, 0.1) is 12.7 Å². The third-order valence-corrected chi connectivity index (χ3v) is 6.47. The van der Waals surface area contributed by atoms with Gasteiger partial charge in [-0.05, 0) is 47.9 Å². The number of piperazine rings is 1. The summed E-state index contributed by atoms with van der Waals surface area (Å²) in [7, 11) is 0. The van der Waals surface area contributed by atoms with Crippen molar-refractivity contribution in [2.75, 3.05) is 37.7 Å². The first kappa shape index (κ1) is 21.0. The van der Waals surface area contributed by atoms with Gasteiger partial charge < -0.3 is 9.64 Å². The molecule has 2 saturated heterocycles. The van der Waals surface area contributed by atoms with Gasteiger partial charge in [-0.3, -0.25) is 4.90 Å². The molecule has 0 spiro atoms. The van der Waals surface area contributed by atoms with Gasteiger partial charge in [0.25, 0.3) is 0 Å². The van der Waals surface area contributed by atoms with E-state index in [1.807, 2.05) is 16.8 Å². The summed E-state index contributed by atoms with van der Waals surface area (Å²) >= 11 is 0. The molecular formula is C24H29FN6O. The Morgan fingerprint density at radius 1 is 1.06 bits per heavy atom. The Bertz CT molecular complexity index is 1020. The fourth-order valence-electron chi connectivity index (χ4n) is 4.72. The minimum atomic E-state index is -0.170. The summed E-state index contributed by atoms with van der Waals surface area (Å²) in [6.45, 7) is 6.64. The summed E-state index contributed by atoms with van der Waals surface area (Å²) < 4.78 is 22.0. The van der Waals surface area contributed by atoms with Crippen molar-refractivity contribution in [3.05, 3.63) is 71.3 Å². The SMILES string of the molecule is Cc1ccc(C(c2nnnn2CC2CCCO2)N2CCN(c3ccccc3F)CC2)cc1. The highest BCUT2D eigenvalue weighted by molar-refractivity contribution is 5.48. The highest BCUT2D eigenvalue weighted by atomic mass is 19.1. The number of aryl methyl sites for hydroxylation is 1. The first-order valence-electron chi connectivity index (χ1n) is 11.4.